The zero-order chi connectivity index (χ0) is 17.8. The van der Waals surface area contributed by atoms with Gasteiger partial charge in [0.15, 0.2) is 0 Å². The molecule has 0 saturated carbocycles. The monoisotopic (exact) mass is 337 g/mol. The van der Waals surface area contributed by atoms with E-state index in [0.717, 1.165) is 11.0 Å². The number of para-hydroxylation sites is 2. The van der Waals surface area contributed by atoms with Gasteiger partial charge in [-0.05, 0) is 42.2 Å². The second kappa shape index (κ2) is 7.38. The number of aryl methyl sites for hydroxylation is 1. The van der Waals surface area contributed by atoms with Crippen molar-refractivity contribution in [2.75, 3.05) is 6.54 Å². The van der Waals surface area contributed by atoms with Gasteiger partial charge < -0.3 is 10.3 Å². The molecule has 5 nitrogen and oxygen atoms in total. The number of benzene rings is 2. The van der Waals surface area contributed by atoms with Crippen LogP contribution in [0.4, 0.5) is 0 Å². The highest BCUT2D eigenvalue weighted by molar-refractivity contribution is 5.94. The van der Waals surface area contributed by atoms with E-state index in [0.29, 0.717) is 31.0 Å². The lowest BCUT2D eigenvalue weighted by atomic mass is 10.0. The van der Waals surface area contributed by atoms with Crippen molar-refractivity contribution in [3.63, 3.8) is 0 Å². The van der Waals surface area contributed by atoms with Gasteiger partial charge in [-0.1, -0.05) is 38.1 Å². The number of hydrogen-bond acceptors (Lipinski definition) is 2. The van der Waals surface area contributed by atoms with Gasteiger partial charge in [0.25, 0.3) is 5.91 Å². The summed E-state index contributed by atoms with van der Waals surface area (Å²) in [5.74, 6) is 0.369. The van der Waals surface area contributed by atoms with Crippen LogP contribution in [0.25, 0.3) is 11.0 Å². The fraction of sp³-hybridized carbons (Fsp3) is 0.300. The summed E-state index contributed by atoms with van der Waals surface area (Å²) in [4.78, 5) is 27.0. The molecule has 2 aromatic carbocycles. The van der Waals surface area contributed by atoms with E-state index >= 15 is 0 Å². The molecule has 0 aliphatic heterocycles. The number of nitrogens with one attached hydrogen (secondary N) is 2. The molecule has 0 unspecified atom stereocenters. The van der Waals surface area contributed by atoms with E-state index in [9.17, 15) is 9.59 Å². The number of fused-ring (bicyclic) bond motifs is 1. The first-order valence-electron chi connectivity index (χ1n) is 8.62. The molecule has 3 aromatic rings. The summed E-state index contributed by atoms with van der Waals surface area (Å²) in [6.45, 7) is 5.34. The molecule has 0 radical (unpaired) electrons. The van der Waals surface area contributed by atoms with Crippen molar-refractivity contribution in [3.05, 3.63) is 70.1 Å². The third-order valence-corrected chi connectivity index (χ3v) is 4.37. The summed E-state index contributed by atoms with van der Waals surface area (Å²) >= 11 is 0. The molecule has 0 aliphatic carbocycles. The molecule has 0 atom stereocenters. The number of H-pyrrole nitrogens is 1. The highest BCUT2D eigenvalue weighted by Gasteiger charge is 2.08. The van der Waals surface area contributed by atoms with E-state index in [-0.39, 0.29) is 11.6 Å². The minimum Gasteiger partial charge on any atom is -0.352 e. The minimum atomic E-state index is -0.114. The van der Waals surface area contributed by atoms with Crippen molar-refractivity contribution in [3.8, 4) is 0 Å². The fourth-order valence-electron chi connectivity index (χ4n) is 2.89. The molecule has 3 rings (SSSR count). The van der Waals surface area contributed by atoms with Gasteiger partial charge in [-0.25, -0.2) is 4.79 Å². The molecule has 25 heavy (non-hydrogen) atoms. The lowest BCUT2D eigenvalue weighted by Crippen LogP contribution is -2.26. The largest absolute Gasteiger partial charge is 0.352 e. The number of imidazole rings is 1. The summed E-state index contributed by atoms with van der Waals surface area (Å²) < 4.78 is 1.71. The van der Waals surface area contributed by atoms with Crippen LogP contribution in [0, 0.1) is 0 Å². The maximum absolute atomic E-state index is 12.2. The van der Waals surface area contributed by atoms with E-state index < -0.39 is 0 Å². The van der Waals surface area contributed by atoms with Crippen LogP contribution in [0.1, 0.15) is 42.1 Å². The lowest BCUT2D eigenvalue weighted by Gasteiger charge is -2.08. The first-order valence-corrected chi connectivity index (χ1v) is 8.62. The Morgan fingerprint density at radius 2 is 1.84 bits per heavy atom. The number of amides is 1. The average molecular weight is 337 g/mol. The standard InChI is InChI=1S/C20H23N3O2/c1-14(2)15-8-10-16(11-9-15)19(24)21-12-5-13-23-18-7-4-3-6-17(18)22-20(23)25/h3-4,6-11,14H,5,12-13H2,1-2H3,(H,21,24)(H,22,25). The molecular formula is C20H23N3O2. The van der Waals surface area contributed by atoms with E-state index in [2.05, 4.69) is 24.1 Å². The Balaban J connectivity index is 1.55. The Hall–Kier alpha value is -2.82. The third-order valence-electron chi connectivity index (χ3n) is 4.37. The van der Waals surface area contributed by atoms with Gasteiger partial charge in [0, 0.05) is 18.7 Å². The summed E-state index contributed by atoms with van der Waals surface area (Å²) in [5.41, 5.74) is 3.49. The van der Waals surface area contributed by atoms with Crippen LogP contribution in [-0.2, 0) is 6.54 Å². The van der Waals surface area contributed by atoms with Gasteiger partial charge in [0.05, 0.1) is 11.0 Å². The second-order valence-electron chi connectivity index (χ2n) is 6.49. The maximum atomic E-state index is 12.2. The quantitative estimate of drug-likeness (QED) is 0.678. The molecule has 1 amide bonds. The molecule has 0 saturated heterocycles. The van der Waals surface area contributed by atoms with Crippen LogP contribution in [0.3, 0.4) is 0 Å². The molecule has 0 bridgehead atoms. The summed E-state index contributed by atoms with van der Waals surface area (Å²) in [6.07, 6.45) is 0.692. The van der Waals surface area contributed by atoms with Crippen molar-refractivity contribution in [2.24, 2.45) is 0 Å². The Morgan fingerprint density at radius 1 is 1.12 bits per heavy atom. The number of hydrogen-bond donors (Lipinski definition) is 2. The van der Waals surface area contributed by atoms with E-state index in [1.807, 2.05) is 48.5 Å². The molecule has 130 valence electrons. The number of carbonyl (C=O) groups is 1. The summed E-state index contributed by atoms with van der Waals surface area (Å²) in [6, 6.07) is 15.3. The minimum absolute atomic E-state index is 0.0819. The number of aromatic nitrogens is 2. The SMILES string of the molecule is CC(C)c1ccc(C(=O)NCCCn2c(=O)[nH]c3ccccc32)cc1. The number of nitrogens with zero attached hydrogens (tertiary/aromatic N) is 1. The van der Waals surface area contributed by atoms with Crippen molar-refractivity contribution in [1.82, 2.24) is 14.9 Å². The zero-order valence-electron chi connectivity index (χ0n) is 14.6. The van der Waals surface area contributed by atoms with Crippen LogP contribution in [0.2, 0.25) is 0 Å². The fourth-order valence-corrected chi connectivity index (χ4v) is 2.89. The van der Waals surface area contributed by atoms with Gasteiger partial charge in [-0.2, -0.15) is 0 Å². The summed E-state index contributed by atoms with van der Waals surface area (Å²) in [5, 5.41) is 2.91. The topological polar surface area (TPSA) is 66.9 Å². The van der Waals surface area contributed by atoms with Gasteiger partial charge in [-0.3, -0.25) is 9.36 Å². The van der Waals surface area contributed by atoms with Crippen LogP contribution < -0.4 is 11.0 Å². The Bertz CT molecular complexity index is 920. The lowest BCUT2D eigenvalue weighted by molar-refractivity contribution is 0.0952. The Morgan fingerprint density at radius 3 is 2.56 bits per heavy atom. The van der Waals surface area contributed by atoms with Gasteiger partial charge >= 0.3 is 5.69 Å². The Kier molecular flexibility index (Phi) is 5.03. The number of carbonyl (C=O) groups excluding carboxylic acids is 1. The van der Waals surface area contributed by atoms with Crippen molar-refractivity contribution in [2.45, 2.75) is 32.7 Å². The molecule has 5 heteroatoms. The predicted octanol–water partition coefficient (Wildman–Crippen LogP) is 3.27. The van der Waals surface area contributed by atoms with E-state index in [1.165, 1.54) is 5.56 Å². The Labute approximate surface area is 146 Å². The smallest absolute Gasteiger partial charge is 0.326 e. The van der Waals surface area contributed by atoms with Crippen LogP contribution in [0.15, 0.2) is 53.3 Å². The maximum Gasteiger partial charge on any atom is 0.326 e. The first-order chi connectivity index (χ1) is 12.1. The third kappa shape index (κ3) is 3.82. The summed E-state index contributed by atoms with van der Waals surface area (Å²) in [7, 11) is 0. The molecule has 0 fully saturated rings. The van der Waals surface area contributed by atoms with Crippen LogP contribution in [0.5, 0.6) is 0 Å². The highest BCUT2D eigenvalue weighted by Crippen LogP contribution is 2.14. The van der Waals surface area contributed by atoms with Gasteiger partial charge in [0.1, 0.15) is 0 Å². The molecule has 1 heterocycles. The van der Waals surface area contributed by atoms with Crippen LogP contribution >= 0.6 is 0 Å². The van der Waals surface area contributed by atoms with Crippen molar-refractivity contribution < 1.29 is 4.79 Å². The normalized spacial score (nSPS) is 11.2. The number of rotatable bonds is 6. The molecular weight excluding hydrogens is 314 g/mol. The predicted molar refractivity (Wildman–Crippen MR) is 100 cm³/mol. The van der Waals surface area contributed by atoms with Gasteiger partial charge in [-0.15, -0.1) is 0 Å². The van der Waals surface area contributed by atoms with Gasteiger partial charge in [0.2, 0.25) is 0 Å². The van der Waals surface area contributed by atoms with Crippen LogP contribution in [-0.4, -0.2) is 22.0 Å². The first kappa shape index (κ1) is 17.0. The van der Waals surface area contributed by atoms with Crippen molar-refractivity contribution in [1.29, 1.82) is 0 Å². The van der Waals surface area contributed by atoms with Crippen molar-refractivity contribution >= 4 is 16.9 Å². The second-order valence-corrected chi connectivity index (χ2v) is 6.49. The highest BCUT2D eigenvalue weighted by atomic mass is 16.2. The molecule has 1 aromatic heterocycles. The van der Waals surface area contributed by atoms with E-state index in [4.69, 9.17) is 0 Å². The van der Waals surface area contributed by atoms with E-state index in [1.54, 1.807) is 4.57 Å². The molecule has 2 N–H and O–H groups in total. The average Bonchev–Trinajstić information content (AvgIpc) is 2.94. The number of aromatic amines is 1. The molecule has 0 spiro atoms. The zero-order valence-corrected chi connectivity index (χ0v) is 14.6. The molecule has 0 aliphatic rings.